The van der Waals surface area contributed by atoms with Gasteiger partial charge in [-0.25, -0.2) is 9.59 Å². The first-order chi connectivity index (χ1) is 8.95. The van der Waals surface area contributed by atoms with Gasteiger partial charge in [-0.1, -0.05) is 10.2 Å². The largest absolute Gasteiger partial charge is 0.462 e. The van der Waals surface area contributed by atoms with E-state index in [2.05, 4.69) is 20.5 Å². The number of carbonyl (C=O) groups is 2. The van der Waals surface area contributed by atoms with Gasteiger partial charge in [-0.05, 0) is 27.7 Å². The maximum absolute atomic E-state index is 9.38. The van der Waals surface area contributed by atoms with Crippen LogP contribution in [0.5, 0.6) is 0 Å². The van der Waals surface area contributed by atoms with E-state index in [1.165, 1.54) is 0 Å². The van der Waals surface area contributed by atoms with Crippen LogP contribution in [0.3, 0.4) is 0 Å². The van der Waals surface area contributed by atoms with Gasteiger partial charge in [0.2, 0.25) is 0 Å². The van der Waals surface area contributed by atoms with Crippen LogP contribution < -0.4 is 0 Å². The van der Waals surface area contributed by atoms with Gasteiger partial charge >= 0.3 is 12.2 Å². The summed E-state index contributed by atoms with van der Waals surface area (Å²) in [4.78, 5) is 18.8. The molecule has 2 amide bonds. The van der Waals surface area contributed by atoms with Gasteiger partial charge in [-0.3, -0.25) is 0 Å². The summed E-state index contributed by atoms with van der Waals surface area (Å²) in [5.41, 5.74) is -1.68. The maximum atomic E-state index is 9.38. The van der Waals surface area contributed by atoms with Gasteiger partial charge in [0.25, 0.3) is 0 Å². The molecule has 0 saturated carbocycles. The fourth-order valence-corrected chi connectivity index (χ4v) is 0.380. The second-order valence-corrected chi connectivity index (χ2v) is 4.31. The van der Waals surface area contributed by atoms with Gasteiger partial charge in [0, 0.05) is 0 Å². The van der Waals surface area contributed by atoms with E-state index in [4.69, 9.17) is 20.7 Å². The summed E-state index contributed by atoms with van der Waals surface area (Å²) in [6.07, 6.45) is -3.24. The molecule has 0 aliphatic heterocycles. The van der Waals surface area contributed by atoms with Gasteiger partial charge in [0.05, 0.1) is 12.1 Å². The number of hydrogen-bond acceptors (Lipinski definition) is 6. The predicted octanol–water partition coefficient (Wildman–Crippen LogP) is 2.84. The van der Waals surface area contributed by atoms with Crippen LogP contribution in [-0.2, 0) is 0 Å². The van der Waals surface area contributed by atoms with Gasteiger partial charge in [-0.15, -0.1) is 0 Å². The Morgan fingerprint density at radius 3 is 1.25 bits per heavy atom. The molecule has 0 spiro atoms. The molecular formula is C10H14N6O4. The number of nitrogens with zero attached hydrogens (tertiary/aromatic N) is 6. The second-order valence-electron chi connectivity index (χ2n) is 4.31. The highest BCUT2D eigenvalue weighted by Crippen LogP contribution is 2.13. The summed E-state index contributed by atoms with van der Waals surface area (Å²) >= 11 is 0. The van der Waals surface area contributed by atoms with Crippen LogP contribution in [-0.4, -0.2) is 33.5 Å². The fourth-order valence-electron chi connectivity index (χ4n) is 0.380. The summed E-state index contributed by atoms with van der Waals surface area (Å²) in [5.74, 6) is 0. The van der Waals surface area contributed by atoms with E-state index in [-0.39, 0.29) is 0 Å². The highest BCUT2D eigenvalue weighted by molar-refractivity contribution is 5.70. The van der Waals surface area contributed by atoms with Gasteiger partial charge in [-0.2, -0.15) is 20.8 Å². The Morgan fingerprint density at radius 2 is 1.10 bits per heavy atom. The third-order valence-corrected chi connectivity index (χ3v) is 1.32. The molecule has 0 saturated heterocycles. The maximum Gasteiger partial charge on any atom is 0.450 e. The SMILES string of the molecule is CC(C)(C#N)N=NC(C)(C)C#N.O=C(O)N=NC(=O)O. The van der Waals surface area contributed by atoms with E-state index in [9.17, 15) is 9.59 Å². The average Bonchev–Trinajstić information content (AvgIpc) is 2.35. The molecule has 108 valence electrons. The molecule has 0 aliphatic carbocycles. The number of azo groups is 2. The van der Waals surface area contributed by atoms with Crippen molar-refractivity contribution < 1.29 is 19.8 Å². The standard InChI is InChI=1S/C8H12N4.C2H2N2O4/c1-7(2,5-9)11-12-8(3,4)6-10;5-1(6)3-4-2(7)8/h1-4H3;(H,5,6)(H,7,8). The molecule has 0 radical (unpaired) electrons. The normalized spacial score (nSPS) is 11.3. The molecule has 0 heterocycles. The van der Waals surface area contributed by atoms with Crippen LogP contribution in [0.15, 0.2) is 20.5 Å². The second kappa shape index (κ2) is 8.26. The summed E-state index contributed by atoms with van der Waals surface area (Å²) in [7, 11) is 0. The zero-order valence-electron chi connectivity index (χ0n) is 11.4. The molecule has 0 aromatic rings. The molecule has 0 aromatic heterocycles. The summed E-state index contributed by atoms with van der Waals surface area (Å²) < 4.78 is 0. The molecule has 10 heteroatoms. The highest BCUT2D eigenvalue weighted by atomic mass is 16.4. The van der Waals surface area contributed by atoms with Gasteiger partial charge in [0.1, 0.15) is 0 Å². The van der Waals surface area contributed by atoms with Crippen molar-refractivity contribution in [2.75, 3.05) is 0 Å². The molecular weight excluding hydrogens is 268 g/mol. The molecule has 0 bridgehead atoms. The van der Waals surface area contributed by atoms with E-state index in [1.807, 2.05) is 12.1 Å². The zero-order valence-corrected chi connectivity index (χ0v) is 11.4. The minimum atomic E-state index is -1.62. The third-order valence-electron chi connectivity index (χ3n) is 1.32. The summed E-state index contributed by atoms with van der Waals surface area (Å²) in [6, 6.07) is 3.94. The molecule has 0 aliphatic rings. The van der Waals surface area contributed by atoms with E-state index in [1.54, 1.807) is 27.7 Å². The fraction of sp³-hybridized carbons (Fsp3) is 0.600. The third kappa shape index (κ3) is 13.2. The molecule has 20 heavy (non-hydrogen) atoms. The lowest BCUT2D eigenvalue weighted by Crippen LogP contribution is -2.17. The predicted molar refractivity (Wildman–Crippen MR) is 65.1 cm³/mol. The average molecular weight is 282 g/mol. The molecule has 0 aromatic carbocycles. The van der Waals surface area contributed by atoms with Crippen LogP contribution in [0.1, 0.15) is 27.7 Å². The van der Waals surface area contributed by atoms with E-state index in [0.29, 0.717) is 0 Å². The Balaban J connectivity index is 0. The zero-order chi connectivity index (χ0) is 16.4. The van der Waals surface area contributed by atoms with Crippen LogP contribution in [0.2, 0.25) is 0 Å². The first-order valence-electron chi connectivity index (χ1n) is 5.10. The van der Waals surface area contributed by atoms with E-state index >= 15 is 0 Å². The molecule has 0 atom stereocenters. The van der Waals surface area contributed by atoms with Crippen LogP contribution in [0.25, 0.3) is 0 Å². The van der Waals surface area contributed by atoms with Crippen molar-refractivity contribution in [3.05, 3.63) is 0 Å². The quantitative estimate of drug-likeness (QED) is 0.736. The van der Waals surface area contributed by atoms with E-state index in [0.717, 1.165) is 0 Å². The number of amides is 2. The van der Waals surface area contributed by atoms with Crippen molar-refractivity contribution in [1.29, 1.82) is 10.5 Å². The number of rotatable bonds is 2. The number of carboxylic acid groups (broad SMARTS) is 2. The van der Waals surface area contributed by atoms with E-state index < -0.39 is 23.3 Å². The molecule has 0 unspecified atom stereocenters. The molecule has 2 N–H and O–H groups in total. The smallest absolute Gasteiger partial charge is 0.450 e. The minimum Gasteiger partial charge on any atom is -0.462 e. The first-order valence-corrected chi connectivity index (χ1v) is 5.10. The first kappa shape index (κ1) is 19.5. The van der Waals surface area contributed by atoms with Crippen LogP contribution in [0, 0.1) is 22.7 Å². The highest BCUT2D eigenvalue weighted by Gasteiger charge is 2.19. The molecule has 0 fully saturated rings. The Bertz CT molecular complexity index is 451. The van der Waals surface area contributed by atoms with Crippen molar-refractivity contribution >= 4 is 12.2 Å². The number of nitriles is 2. The topological polar surface area (TPSA) is 172 Å². The Labute approximate surface area is 115 Å². The molecule has 0 rings (SSSR count). The van der Waals surface area contributed by atoms with Crippen LogP contribution >= 0.6 is 0 Å². The van der Waals surface area contributed by atoms with Gasteiger partial charge in [0.15, 0.2) is 11.1 Å². The Hall–Kier alpha value is -2.88. The monoisotopic (exact) mass is 282 g/mol. The number of hydrogen-bond donors (Lipinski definition) is 2. The van der Waals surface area contributed by atoms with Crippen molar-refractivity contribution in [3.63, 3.8) is 0 Å². The van der Waals surface area contributed by atoms with Crippen LogP contribution in [0.4, 0.5) is 9.59 Å². The lowest BCUT2D eigenvalue weighted by Gasteiger charge is -2.11. The Kier molecular flexibility index (Phi) is 8.04. The summed E-state index contributed by atoms with van der Waals surface area (Å²) in [6.45, 7) is 6.57. The lowest BCUT2D eigenvalue weighted by molar-refractivity contribution is 0.194. The summed E-state index contributed by atoms with van der Waals surface area (Å²) in [5, 5.41) is 44.5. The van der Waals surface area contributed by atoms with Crippen molar-refractivity contribution in [1.82, 2.24) is 0 Å². The minimum absolute atomic E-state index is 0.839. The Morgan fingerprint density at radius 1 is 0.850 bits per heavy atom. The van der Waals surface area contributed by atoms with Crippen molar-refractivity contribution in [2.24, 2.45) is 20.5 Å². The lowest BCUT2D eigenvalue weighted by atomic mass is 10.1. The molecule has 10 nitrogen and oxygen atoms in total. The van der Waals surface area contributed by atoms with Crippen molar-refractivity contribution in [2.45, 2.75) is 38.8 Å². The van der Waals surface area contributed by atoms with Gasteiger partial charge < -0.3 is 10.2 Å². The van der Waals surface area contributed by atoms with Crippen molar-refractivity contribution in [3.8, 4) is 12.1 Å².